The van der Waals surface area contributed by atoms with Crippen molar-refractivity contribution in [2.24, 2.45) is 5.92 Å². The molecule has 0 bridgehead atoms. The van der Waals surface area contributed by atoms with Crippen LogP contribution in [0.5, 0.6) is 11.6 Å². The molecule has 0 spiro atoms. The Morgan fingerprint density at radius 3 is 2.52 bits per heavy atom. The summed E-state index contributed by atoms with van der Waals surface area (Å²) < 4.78 is 5.76. The Kier molecular flexibility index (Phi) is 4.88. The lowest BCUT2D eigenvalue weighted by atomic mass is 9.82. The van der Waals surface area contributed by atoms with Crippen molar-refractivity contribution in [3.63, 3.8) is 0 Å². The molecule has 2 aliphatic rings. The van der Waals surface area contributed by atoms with Gasteiger partial charge in [0.1, 0.15) is 5.75 Å². The van der Waals surface area contributed by atoms with Gasteiger partial charge in [-0.05, 0) is 70.2 Å². The molecule has 4 aromatic rings. The predicted octanol–water partition coefficient (Wildman–Crippen LogP) is 5.10. The standard InChI is InChI=1S/C30H23NO2/c32-30(23-14-17-29(31-19-23)33-24-7-2-1-3-8-24)22-11-10-21-13-15-26-25-9-5-4-6-20(25)12-16-27(26)28(21)18-22/h1-9,13-19,22H,10-12H2. The number of ether oxygens (including phenoxy) is 1. The van der Waals surface area contributed by atoms with Crippen molar-refractivity contribution in [2.45, 2.75) is 19.3 Å². The molecule has 160 valence electrons. The first-order valence-electron chi connectivity index (χ1n) is 11.4. The van der Waals surface area contributed by atoms with Crippen molar-refractivity contribution in [3.05, 3.63) is 112 Å². The van der Waals surface area contributed by atoms with Gasteiger partial charge in [0, 0.05) is 23.7 Å². The number of fused-ring (bicyclic) bond motifs is 5. The van der Waals surface area contributed by atoms with Gasteiger partial charge >= 0.3 is 0 Å². The lowest BCUT2D eigenvalue weighted by Crippen LogP contribution is -2.37. The smallest absolute Gasteiger partial charge is 0.219 e. The number of pyridine rings is 1. The Bertz CT molecular complexity index is 1470. The summed E-state index contributed by atoms with van der Waals surface area (Å²) in [6, 6.07) is 26.2. The molecule has 1 heterocycles. The van der Waals surface area contributed by atoms with E-state index in [1.807, 2.05) is 36.4 Å². The molecule has 1 atom stereocenters. The number of ketones is 1. The fourth-order valence-electron chi connectivity index (χ4n) is 4.94. The summed E-state index contributed by atoms with van der Waals surface area (Å²) in [5, 5.41) is 2.50. The zero-order valence-electron chi connectivity index (χ0n) is 18.2. The van der Waals surface area contributed by atoms with Gasteiger partial charge in [0.25, 0.3) is 0 Å². The van der Waals surface area contributed by atoms with Gasteiger partial charge in [-0.2, -0.15) is 0 Å². The minimum Gasteiger partial charge on any atom is -0.439 e. The van der Waals surface area contributed by atoms with Gasteiger partial charge in [-0.3, -0.25) is 4.79 Å². The molecule has 3 heteroatoms. The number of carbonyl (C=O) groups is 1. The van der Waals surface area contributed by atoms with Crippen LogP contribution in [0.3, 0.4) is 0 Å². The molecule has 0 N–H and O–H groups in total. The van der Waals surface area contributed by atoms with Gasteiger partial charge in [0.15, 0.2) is 5.78 Å². The van der Waals surface area contributed by atoms with Crippen LogP contribution >= 0.6 is 0 Å². The Labute approximate surface area is 192 Å². The van der Waals surface area contributed by atoms with Gasteiger partial charge in [0.2, 0.25) is 5.88 Å². The summed E-state index contributed by atoms with van der Waals surface area (Å²) in [5.74, 6) is 1.19. The maximum absolute atomic E-state index is 13.3. The van der Waals surface area contributed by atoms with E-state index in [0.717, 1.165) is 25.0 Å². The first-order chi connectivity index (χ1) is 16.3. The van der Waals surface area contributed by atoms with Crippen LogP contribution in [0.2, 0.25) is 0 Å². The number of rotatable bonds is 4. The van der Waals surface area contributed by atoms with Crippen LogP contribution in [0, 0.1) is 5.92 Å². The van der Waals surface area contributed by atoms with Gasteiger partial charge in [-0.1, -0.05) is 66.7 Å². The second-order valence-electron chi connectivity index (χ2n) is 8.64. The van der Waals surface area contributed by atoms with Crippen molar-refractivity contribution in [2.75, 3.05) is 0 Å². The van der Waals surface area contributed by atoms with E-state index in [0.29, 0.717) is 11.4 Å². The highest BCUT2D eigenvalue weighted by Gasteiger charge is 2.23. The first-order valence-corrected chi connectivity index (χ1v) is 11.4. The number of benzene rings is 3. The van der Waals surface area contributed by atoms with Gasteiger partial charge in [0.05, 0.1) is 0 Å². The van der Waals surface area contributed by atoms with Crippen LogP contribution in [-0.2, 0) is 12.8 Å². The molecular formula is C30H23NO2. The van der Waals surface area contributed by atoms with E-state index in [2.05, 4.69) is 53.5 Å². The van der Waals surface area contributed by atoms with Crippen LogP contribution in [0.1, 0.15) is 27.9 Å². The van der Waals surface area contributed by atoms with E-state index >= 15 is 0 Å². The van der Waals surface area contributed by atoms with E-state index in [9.17, 15) is 4.79 Å². The summed E-state index contributed by atoms with van der Waals surface area (Å²) in [6.45, 7) is 0. The summed E-state index contributed by atoms with van der Waals surface area (Å²) >= 11 is 0. The first kappa shape index (κ1) is 19.7. The van der Waals surface area contributed by atoms with E-state index in [1.165, 1.54) is 32.7 Å². The highest BCUT2D eigenvalue weighted by molar-refractivity contribution is 6.01. The number of para-hydroxylation sites is 1. The van der Waals surface area contributed by atoms with Crippen molar-refractivity contribution in [1.82, 2.24) is 4.98 Å². The largest absolute Gasteiger partial charge is 0.439 e. The summed E-state index contributed by atoms with van der Waals surface area (Å²) in [7, 11) is 0. The van der Waals surface area contributed by atoms with E-state index in [1.54, 1.807) is 12.3 Å². The third kappa shape index (κ3) is 3.66. The van der Waals surface area contributed by atoms with Crippen LogP contribution < -0.4 is 15.2 Å². The molecule has 0 fully saturated rings. The molecule has 2 aliphatic carbocycles. The quantitative estimate of drug-likeness (QED) is 0.424. The summed E-state index contributed by atoms with van der Waals surface area (Å²) in [6.07, 6.45) is 8.79. The normalized spacial score (nSPS) is 15.8. The molecule has 0 saturated carbocycles. The summed E-state index contributed by atoms with van der Waals surface area (Å²) in [5.41, 5.74) is 5.89. The number of hydrogen-bond donors (Lipinski definition) is 0. The molecule has 1 unspecified atom stereocenters. The van der Waals surface area contributed by atoms with E-state index in [-0.39, 0.29) is 11.7 Å². The van der Waals surface area contributed by atoms with Gasteiger partial charge in [-0.15, -0.1) is 0 Å². The van der Waals surface area contributed by atoms with Crippen LogP contribution in [0.25, 0.3) is 23.3 Å². The van der Waals surface area contributed by atoms with Crippen LogP contribution in [-0.4, -0.2) is 10.8 Å². The molecule has 0 amide bonds. The van der Waals surface area contributed by atoms with Crippen LogP contribution in [0.15, 0.2) is 85.1 Å². The van der Waals surface area contributed by atoms with Crippen molar-refractivity contribution >= 4 is 17.9 Å². The minimum absolute atomic E-state index is 0.119. The zero-order valence-corrected chi connectivity index (χ0v) is 18.2. The molecule has 0 aliphatic heterocycles. The maximum atomic E-state index is 13.3. The van der Waals surface area contributed by atoms with Crippen molar-refractivity contribution in [1.29, 1.82) is 0 Å². The van der Waals surface area contributed by atoms with Crippen LogP contribution in [0.4, 0.5) is 0 Å². The third-order valence-corrected chi connectivity index (χ3v) is 6.63. The van der Waals surface area contributed by atoms with Gasteiger partial charge < -0.3 is 4.74 Å². The molecule has 0 saturated heterocycles. The Morgan fingerprint density at radius 2 is 1.67 bits per heavy atom. The molecule has 3 aromatic carbocycles. The molecule has 3 nitrogen and oxygen atoms in total. The van der Waals surface area contributed by atoms with Crippen molar-refractivity contribution < 1.29 is 9.53 Å². The Morgan fingerprint density at radius 1 is 0.818 bits per heavy atom. The number of aryl methyl sites for hydroxylation is 1. The van der Waals surface area contributed by atoms with Crippen molar-refractivity contribution in [3.8, 4) is 22.8 Å². The fourth-order valence-corrected chi connectivity index (χ4v) is 4.94. The zero-order chi connectivity index (χ0) is 22.2. The SMILES string of the molecule is O=C(c1ccc(Oc2ccccc2)nc1)C1C=c2c(ccc3c2=CCc2ccccc2-3)CC1. The monoisotopic (exact) mass is 429 g/mol. The number of Topliss-reactive ketones (excluding diaryl/α,β-unsaturated/α-hetero) is 1. The third-order valence-electron chi connectivity index (χ3n) is 6.63. The predicted molar refractivity (Wildman–Crippen MR) is 131 cm³/mol. The highest BCUT2D eigenvalue weighted by Crippen LogP contribution is 2.26. The molecular weight excluding hydrogens is 406 g/mol. The number of carbonyl (C=O) groups excluding carboxylic acids is 1. The molecule has 33 heavy (non-hydrogen) atoms. The number of nitrogens with zero attached hydrogens (tertiary/aromatic N) is 1. The molecule has 0 radical (unpaired) electrons. The lowest BCUT2D eigenvalue weighted by Gasteiger charge is -2.21. The van der Waals surface area contributed by atoms with E-state index in [4.69, 9.17) is 4.74 Å². The number of hydrogen-bond acceptors (Lipinski definition) is 3. The fraction of sp³-hybridized carbons (Fsp3) is 0.133. The average Bonchev–Trinajstić information content (AvgIpc) is 2.88. The number of aromatic nitrogens is 1. The maximum Gasteiger partial charge on any atom is 0.219 e. The Hall–Kier alpha value is -3.98. The minimum atomic E-state index is -0.141. The molecule has 6 rings (SSSR count). The van der Waals surface area contributed by atoms with Gasteiger partial charge in [-0.25, -0.2) is 4.98 Å². The molecule has 1 aromatic heterocycles. The second-order valence-corrected chi connectivity index (χ2v) is 8.64. The second kappa shape index (κ2) is 8.18. The Balaban J connectivity index is 1.31. The summed E-state index contributed by atoms with van der Waals surface area (Å²) in [4.78, 5) is 17.7. The topological polar surface area (TPSA) is 39.2 Å². The van der Waals surface area contributed by atoms with E-state index < -0.39 is 0 Å². The highest BCUT2D eigenvalue weighted by atomic mass is 16.5. The average molecular weight is 430 g/mol. The lowest BCUT2D eigenvalue weighted by molar-refractivity contribution is 0.0946.